The molecule has 0 aliphatic heterocycles. The third-order valence-corrected chi connectivity index (χ3v) is 12.5. The summed E-state index contributed by atoms with van der Waals surface area (Å²) < 4.78 is 13.6. The van der Waals surface area contributed by atoms with Gasteiger partial charge in [0.1, 0.15) is 28.7 Å². The van der Waals surface area contributed by atoms with Crippen LogP contribution in [-0.4, -0.2) is 14.1 Å². The third-order valence-electron chi connectivity index (χ3n) is 12.5. The number of nitrogens with zero attached hydrogens (tertiary/aromatic N) is 4. The Bertz CT molecular complexity index is 3150. The Morgan fingerprint density at radius 3 is 1.83 bits per heavy atom. The zero-order valence-corrected chi connectivity index (χ0v) is 39.1. The van der Waals surface area contributed by atoms with Crippen molar-refractivity contribution >= 4 is 32.8 Å². The van der Waals surface area contributed by atoms with E-state index in [0.717, 1.165) is 56.1 Å². The van der Waals surface area contributed by atoms with Gasteiger partial charge in [-0.05, 0) is 122 Å². The van der Waals surface area contributed by atoms with Crippen LogP contribution in [0.5, 0.6) is 11.5 Å². The third kappa shape index (κ3) is 7.84. The van der Waals surface area contributed by atoms with Gasteiger partial charge in [-0.3, -0.25) is 4.57 Å². The summed E-state index contributed by atoms with van der Waals surface area (Å²) >= 11 is 0. The molecule has 0 saturated carbocycles. The molecule has 0 spiro atoms. The van der Waals surface area contributed by atoms with Crippen LogP contribution in [0.25, 0.3) is 61.2 Å². The Morgan fingerprint density at radius 1 is 0.492 bits per heavy atom. The molecule has 9 aromatic rings. The number of imidazole rings is 1. The number of aromatic nitrogens is 4. The van der Waals surface area contributed by atoms with Gasteiger partial charge in [0.2, 0.25) is 0 Å². The first kappa shape index (κ1) is 41.9. The first-order valence-corrected chi connectivity index (χ1v) is 22.4. The molecule has 0 N–H and O–H groups in total. The second-order valence-electron chi connectivity index (χ2n) is 21.4. The molecule has 0 aliphatic rings. The summed E-state index contributed by atoms with van der Waals surface area (Å²) in [6.45, 7) is 27.7. The highest BCUT2D eigenvalue weighted by Gasteiger charge is 2.30. The van der Waals surface area contributed by atoms with Gasteiger partial charge in [-0.1, -0.05) is 144 Å². The van der Waals surface area contributed by atoms with Gasteiger partial charge in [0.05, 0.1) is 11.0 Å². The number of ether oxygens (including phenoxy) is 1. The number of hydrogen-bond donors (Lipinski definition) is 0. The maximum Gasteiger partial charge on any atom is 0.255 e. The molecule has 0 fully saturated rings. The monoisotopic (exact) mass is 829 g/mol. The Labute approximate surface area is 373 Å². The molecule has 3 heterocycles. The second kappa shape index (κ2) is 15.1. The standard InChI is InChI=1S/C58H61N4O/c1-55(2,3)39-19-17-20-41(32-39)60-37-61(51-26-16-15-25-50(51)60)42-21-18-22-43(35-42)63-44-27-28-46-45-23-13-14-24-49(45)62(52(46)36-44)53-31-38(29-30-59-53)54-47(57(7,8)9)33-40(56(4,5)6)34-48(54)58(10,11)12/h13-37H,1-12H3/q+1. The minimum Gasteiger partial charge on any atom is -0.457 e. The van der Waals surface area contributed by atoms with E-state index in [9.17, 15) is 0 Å². The summed E-state index contributed by atoms with van der Waals surface area (Å²) in [6, 6.07) is 50.2. The lowest BCUT2D eigenvalue weighted by atomic mass is 9.71. The van der Waals surface area contributed by atoms with Crippen molar-refractivity contribution in [3.63, 3.8) is 0 Å². The number of pyridine rings is 1. The van der Waals surface area contributed by atoms with Gasteiger partial charge < -0.3 is 4.74 Å². The average molecular weight is 830 g/mol. The fourth-order valence-electron chi connectivity index (χ4n) is 9.00. The Kier molecular flexibility index (Phi) is 10.0. The van der Waals surface area contributed by atoms with Crippen molar-refractivity contribution in [2.75, 3.05) is 0 Å². The van der Waals surface area contributed by atoms with Gasteiger partial charge in [0.15, 0.2) is 11.0 Å². The first-order chi connectivity index (χ1) is 29.8. The quantitative estimate of drug-likeness (QED) is 0.157. The van der Waals surface area contributed by atoms with Crippen molar-refractivity contribution in [3.05, 3.63) is 174 Å². The second-order valence-corrected chi connectivity index (χ2v) is 21.4. The summed E-state index contributed by atoms with van der Waals surface area (Å²) in [7, 11) is 0. The fraction of sp³-hybridized carbons (Fsp3) is 0.276. The molecule has 318 valence electrons. The van der Waals surface area contributed by atoms with Crippen molar-refractivity contribution in [1.29, 1.82) is 0 Å². The van der Waals surface area contributed by atoms with Crippen LogP contribution in [0.4, 0.5) is 0 Å². The molecule has 5 nitrogen and oxygen atoms in total. The molecular weight excluding hydrogens is 769 g/mol. The first-order valence-electron chi connectivity index (χ1n) is 22.4. The van der Waals surface area contributed by atoms with E-state index in [-0.39, 0.29) is 21.7 Å². The highest BCUT2D eigenvalue weighted by Crippen LogP contribution is 2.44. The minimum atomic E-state index is -0.0793. The van der Waals surface area contributed by atoms with E-state index in [1.165, 1.54) is 38.8 Å². The van der Waals surface area contributed by atoms with E-state index in [1.54, 1.807) is 0 Å². The number of para-hydroxylation sites is 3. The van der Waals surface area contributed by atoms with E-state index >= 15 is 0 Å². The summed E-state index contributed by atoms with van der Waals surface area (Å²) in [5, 5.41) is 2.33. The summed E-state index contributed by atoms with van der Waals surface area (Å²) in [6.07, 6.45) is 4.16. The van der Waals surface area contributed by atoms with Crippen LogP contribution in [0.1, 0.15) is 105 Å². The molecule has 0 saturated heterocycles. The normalized spacial score (nSPS) is 12.8. The SMILES string of the molecule is CC(C)(C)c1cccc(-[n+]2cn(-c3cccc(Oc4ccc5c6ccccc6n(-c6cc(-c7c(C(C)(C)C)cc(C(C)(C)C)cc7C(C)(C)C)ccn6)c5c4)c3)c3ccccc32)c1. The maximum absolute atomic E-state index is 6.78. The van der Waals surface area contributed by atoms with Crippen LogP contribution in [0.2, 0.25) is 0 Å². The molecule has 3 aromatic heterocycles. The highest BCUT2D eigenvalue weighted by molar-refractivity contribution is 6.09. The molecular formula is C58H61N4O+. The summed E-state index contributed by atoms with van der Waals surface area (Å²) in [5.41, 5.74) is 14.3. The van der Waals surface area contributed by atoms with Crippen LogP contribution in [0.15, 0.2) is 152 Å². The number of benzene rings is 6. The van der Waals surface area contributed by atoms with Crippen molar-refractivity contribution in [2.45, 2.75) is 105 Å². The zero-order valence-electron chi connectivity index (χ0n) is 39.1. The summed E-state index contributed by atoms with van der Waals surface area (Å²) in [5.74, 6) is 2.39. The number of rotatable bonds is 6. The molecule has 63 heavy (non-hydrogen) atoms. The van der Waals surface area contributed by atoms with Gasteiger partial charge in [-0.15, -0.1) is 0 Å². The van der Waals surface area contributed by atoms with Gasteiger partial charge in [0, 0.05) is 29.1 Å². The Hall–Kier alpha value is -6.46. The predicted octanol–water partition coefficient (Wildman–Crippen LogP) is 15.0. The average Bonchev–Trinajstić information content (AvgIpc) is 3.78. The van der Waals surface area contributed by atoms with Crippen molar-refractivity contribution < 1.29 is 9.30 Å². The van der Waals surface area contributed by atoms with Crippen LogP contribution in [-0.2, 0) is 21.7 Å². The van der Waals surface area contributed by atoms with E-state index in [2.05, 4.69) is 237 Å². The van der Waals surface area contributed by atoms with Crippen LogP contribution >= 0.6 is 0 Å². The molecule has 6 aromatic carbocycles. The number of fused-ring (bicyclic) bond motifs is 4. The van der Waals surface area contributed by atoms with E-state index < -0.39 is 0 Å². The molecule has 0 unspecified atom stereocenters. The lowest BCUT2D eigenvalue weighted by Gasteiger charge is -2.34. The molecule has 0 aliphatic carbocycles. The van der Waals surface area contributed by atoms with Gasteiger partial charge in [0.25, 0.3) is 6.33 Å². The largest absolute Gasteiger partial charge is 0.457 e. The van der Waals surface area contributed by atoms with Crippen LogP contribution in [0.3, 0.4) is 0 Å². The van der Waals surface area contributed by atoms with Crippen molar-refractivity contribution in [3.8, 4) is 39.8 Å². The Morgan fingerprint density at radius 2 is 1.13 bits per heavy atom. The number of hydrogen-bond acceptors (Lipinski definition) is 2. The minimum absolute atomic E-state index is 0.0182. The predicted molar refractivity (Wildman–Crippen MR) is 264 cm³/mol. The topological polar surface area (TPSA) is 35.9 Å². The molecule has 9 rings (SSSR count). The molecule has 0 amide bonds. The fourth-order valence-corrected chi connectivity index (χ4v) is 9.00. The molecule has 0 atom stereocenters. The lowest BCUT2D eigenvalue weighted by molar-refractivity contribution is -0.567. The van der Waals surface area contributed by atoms with E-state index in [0.29, 0.717) is 0 Å². The maximum atomic E-state index is 6.78. The summed E-state index contributed by atoms with van der Waals surface area (Å²) in [4.78, 5) is 5.09. The molecule has 0 radical (unpaired) electrons. The lowest BCUT2D eigenvalue weighted by Crippen LogP contribution is -2.29. The van der Waals surface area contributed by atoms with E-state index in [4.69, 9.17) is 9.72 Å². The zero-order chi connectivity index (χ0) is 44.6. The molecule has 0 bridgehead atoms. The highest BCUT2D eigenvalue weighted by atomic mass is 16.5. The van der Waals surface area contributed by atoms with Crippen LogP contribution in [0, 0.1) is 0 Å². The van der Waals surface area contributed by atoms with Gasteiger partial charge in [-0.25, -0.2) is 4.98 Å². The smallest absolute Gasteiger partial charge is 0.255 e. The van der Waals surface area contributed by atoms with Crippen molar-refractivity contribution in [1.82, 2.24) is 14.1 Å². The van der Waals surface area contributed by atoms with Gasteiger partial charge in [-0.2, -0.15) is 9.13 Å². The van der Waals surface area contributed by atoms with Gasteiger partial charge >= 0.3 is 0 Å². The van der Waals surface area contributed by atoms with Crippen molar-refractivity contribution in [2.24, 2.45) is 0 Å². The van der Waals surface area contributed by atoms with E-state index in [1.807, 2.05) is 12.3 Å². The van der Waals surface area contributed by atoms with Crippen LogP contribution < -0.4 is 9.30 Å². The Balaban J connectivity index is 1.14. The molecule has 5 heteroatoms.